The van der Waals surface area contributed by atoms with E-state index in [9.17, 15) is 14.4 Å². The molecule has 2 atom stereocenters. The molecule has 1 saturated heterocycles. The third kappa shape index (κ3) is 4.68. The van der Waals surface area contributed by atoms with Crippen molar-refractivity contribution in [2.24, 2.45) is 0 Å². The number of carbonyl (C=O) groups excluding carboxylic acids is 3. The van der Waals surface area contributed by atoms with Gasteiger partial charge in [-0.25, -0.2) is 4.79 Å². The van der Waals surface area contributed by atoms with Gasteiger partial charge < -0.3 is 5.32 Å². The van der Waals surface area contributed by atoms with E-state index < -0.39 is 23.4 Å². The summed E-state index contributed by atoms with van der Waals surface area (Å²) >= 11 is 3.56. The molecule has 1 fully saturated rings. The Morgan fingerprint density at radius 2 is 2.00 bits per heavy atom. The molecule has 1 heterocycles. The zero-order chi connectivity index (χ0) is 20.2. The van der Waals surface area contributed by atoms with E-state index in [0.717, 1.165) is 21.5 Å². The number of carbonyl (C=O) groups is 3. The van der Waals surface area contributed by atoms with Crippen LogP contribution in [0.25, 0.3) is 0 Å². The van der Waals surface area contributed by atoms with Crippen LogP contribution in [-0.4, -0.2) is 46.4 Å². The normalized spacial score (nSPS) is 20.7. The minimum Gasteiger partial charge on any atom is -0.322 e. The first-order valence-corrected chi connectivity index (χ1v) is 9.97. The molecule has 7 nitrogen and oxygen atoms in total. The summed E-state index contributed by atoms with van der Waals surface area (Å²) in [4.78, 5) is 39.1. The molecule has 0 aliphatic carbocycles. The minimum atomic E-state index is -0.977. The third-order valence-electron chi connectivity index (χ3n) is 4.97. The van der Waals surface area contributed by atoms with Crippen LogP contribution in [-0.2, 0) is 9.59 Å². The molecule has 0 saturated carbocycles. The lowest BCUT2D eigenvalue weighted by atomic mass is 10.00. The average molecular weight is 439 g/mol. The highest BCUT2D eigenvalue weighted by Crippen LogP contribution is 2.27. The fourth-order valence-electron chi connectivity index (χ4n) is 3.08. The number of nitrogens with one attached hydrogen (secondary N) is 2. The van der Waals surface area contributed by atoms with Crippen LogP contribution < -0.4 is 10.7 Å². The van der Waals surface area contributed by atoms with Gasteiger partial charge in [0.2, 0.25) is 0 Å². The van der Waals surface area contributed by atoms with Crippen molar-refractivity contribution in [3.63, 3.8) is 0 Å². The molecule has 1 aliphatic rings. The van der Waals surface area contributed by atoms with Gasteiger partial charge in [-0.2, -0.15) is 5.01 Å². The van der Waals surface area contributed by atoms with Crippen molar-refractivity contribution in [1.82, 2.24) is 20.7 Å². The maximum Gasteiger partial charge on any atom is 0.344 e. The van der Waals surface area contributed by atoms with Crippen molar-refractivity contribution in [2.45, 2.75) is 52.1 Å². The summed E-state index contributed by atoms with van der Waals surface area (Å²) in [6.07, 6.45) is 1.32. The van der Waals surface area contributed by atoms with E-state index in [1.54, 1.807) is 6.92 Å². The van der Waals surface area contributed by atoms with Crippen LogP contribution in [0, 0.1) is 0 Å². The standard InChI is InChI=1S/C19H27BrN4O3/c1-5-11-23(13(3)14-9-7-8-10-15(14)20)12-16(25)22-24-17(26)19(4,6-2)21-18(24)27/h7-10,13H,5-6,11-12H2,1-4H3,(H,21,27)(H,22,25)/t13-,19-/m0/s1. The van der Waals surface area contributed by atoms with Gasteiger partial charge >= 0.3 is 6.03 Å². The Balaban J connectivity index is 2.08. The number of benzene rings is 1. The molecular weight excluding hydrogens is 412 g/mol. The summed E-state index contributed by atoms with van der Waals surface area (Å²) in [5.74, 6) is -0.838. The molecule has 148 valence electrons. The monoisotopic (exact) mass is 438 g/mol. The highest BCUT2D eigenvalue weighted by molar-refractivity contribution is 9.10. The number of imide groups is 1. The molecule has 2 rings (SSSR count). The van der Waals surface area contributed by atoms with Crippen molar-refractivity contribution in [2.75, 3.05) is 13.1 Å². The van der Waals surface area contributed by atoms with E-state index in [1.165, 1.54) is 0 Å². The molecule has 0 radical (unpaired) electrons. The first kappa shape index (κ1) is 21.4. The third-order valence-corrected chi connectivity index (χ3v) is 5.69. The second-order valence-corrected chi connectivity index (χ2v) is 7.81. The van der Waals surface area contributed by atoms with Gasteiger partial charge in [0.15, 0.2) is 0 Å². The molecule has 1 aromatic rings. The van der Waals surface area contributed by atoms with Gasteiger partial charge in [0, 0.05) is 10.5 Å². The lowest BCUT2D eigenvalue weighted by Crippen LogP contribution is -2.51. The van der Waals surface area contributed by atoms with Gasteiger partial charge in [0.1, 0.15) is 5.54 Å². The lowest BCUT2D eigenvalue weighted by Gasteiger charge is -2.29. The SMILES string of the molecule is CCCN(CC(=O)NN1C(=O)N[C@@](C)(CC)C1=O)[C@@H](C)c1ccccc1Br. The number of amides is 4. The smallest absolute Gasteiger partial charge is 0.322 e. The van der Waals surface area contributed by atoms with E-state index in [1.807, 2.05) is 49.9 Å². The van der Waals surface area contributed by atoms with Gasteiger partial charge in [-0.1, -0.05) is 48.0 Å². The topological polar surface area (TPSA) is 81.8 Å². The van der Waals surface area contributed by atoms with Gasteiger partial charge in [0.05, 0.1) is 6.54 Å². The largest absolute Gasteiger partial charge is 0.344 e. The molecular formula is C19H27BrN4O3. The van der Waals surface area contributed by atoms with E-state index in [4.69, 9.17) is 0 Å². The second-order valence-electron chi connectivity index (χ2n) is 6.96. The molecule has 4 amide bonds. The lowest BCUT2D eigenvalue weighted by molar-refractivity contribution is -0.139. The van der Waals surface area contributed by atoms with E-state index in [2.05, 4.69) is 26.7 Å². The van der Waals surface area contributed by atoms with Crippen molar-refractivity contribution in [1.29, 1.82) is 0 Å². The predicted molar refractivity (Wildman–Crippen MR) is 107 cm³/mol. The van der Waals surface area contributed by atoms with Crippen LogP contribution in [0.2, 0.25) is 0 Å². The fraction of sp³-hybridized carbons (Fsp3) is 0.526. The van der Waals surface area contributed by atoms with Gasteiger partial charge in [0.25, 0.3) is 11.8 Å². The maximum absolute atomic E-state index is 12.6. The molecule has 27 heavy (non-hydrogen) atoms. The molecule has 8 heteroatoms. The van der Waals surface area contributed by atoms with Crippen molar-refractivity contribution in [3.05, 3.63) is 34.3 Å². The first-order chi connectivity index (χ1) is 12.7. The average Bonchev–Trinajstić information content (AvgIpc) is 2.85. The number of hydrogen-bond acceptors (Lipinski definition) is 4. The molecule has 0 unspecified atom stereocenters. The van der Waals surface area contributed by atoms with E-state index >= 15 is 0 Å². The van der Waals surface area contributed by atoms with Crippen molar-refractivity contribution >= 4 is 33.8 Å². The molecule has 1 aliphatic heterocycles. The first-order valence-electron chi connectivity index (χ1n) is 9.18. The van der Waals surface area contributed by atoms with Crippen LogP contribution in [0.1, 0.15) is 52.1 Å². The molecule has 2 N–H and O–H groups in total. The van der Waals surface area contributed by atoms with Gasteiger partial charge in [-0.05, 0) is 44.9 Å². The summed E-state index contributed by atoms with van der Waals surface area (Å²) in [5.41, 5.74) is 2.56. The fourth-order valence-corrected chi connectivity index (χ4v) is 3.69. The zero-order valence-electron chi connectivity index (χ0n) is 16.2. The number of rotatable bonds is 8. The Bertz CT molecular complexity index is 727. The number of nitrogens with zero attached hydrogens (tertiary/aromatic N) is 2. The highest BCUT2D eigenvalue weighted by atomic mass is 79.9. The van der Waals surface area contributed by atoms with Crippen LogP contribution in [0.15, 0.2) is 28.7 Å². The summed E-state index contributed by atoms with van der Waals surface area (Å²) < 4.78 is 0.979. The van der Waals surface area contributed by atoms with Crippen LogP contribution in [0.3, 0.4) is 0 Å². The van der Waals surface area contributed by atoms with Gasteiger partial charge in [-0.15, -0.1) is 0 Å². The van der Waals surface area contributed by atoms with Crippen LogP contribution in [0.5, 0.6) is 0 Å². The van der Waals surface area contributed by atoms with Crippen LogP contribution >= 0.6 is 15.9 Å². The van der Waals surface area contributed by atoms with Gasteiger partial charge in [-0.3, -0.25) is 19.9 Å². The summed E-state index contributed by atoms with van der Waals surface area (Å²) in [6.45, 7) is 8.33. The maximum atomic E-state index is 12.6. The minimum absolute atomic E-state index is 0.00436. The van der Waals surface area contributed by atoms with Crippen molar-refractivity contribution in [3.8, 4) is 0 Å². The zero-order valence-corrected chi connectivity index (χ0v) is 17.8. The Kier molecular flexibility index (Phi) is 7.00. The summed E-state index contributed by atoms with van der Waals surface area (Å²) in [7, 11) is 0. The van der Waals surface area contributed by atoms with E-state index in [0.29, 0.717) is 13.0 Å². The molecule has 0 spiro atoms. The molecule has 1 aromatic carbocycles. The number of halogens is 1. The van der Waals surface area contributed by atoms with Crippen molar-refractivity contribution < 1.29 is 14.4 Å². The molecule has 0 aromatic heterocycles. The number of hydrazine groups is 1. The quantitative estimate of drug-likeness (QED) is 0.611. The molecule has 0 bridgehead atoms. The summed E-state index contributed by atoms with van der Waals surface area (Å²) in [5, 5.41) is 3.41. The highest BCUT2D eigenvalue weighted by Gasteiger charge is 2.47. The predicted octanol–water partition coefficient (Wildman–Crippen LogP) is 2.97. The Hall–Kier alpha value is -1.93. The Morgan fingerprint density at radius 3 is 2.56 bits per heavy atom. The Labute approximate surface area is 168 Å². The van der Waals surface area contributed by atoms with Crippen LogP contribution in [0.4, 0.5) is 4.79 Å². The summed E-state index contributed by atoms with van der Waals surface area (Å²) in [6, 6.07) is 7.28. The number of urea groups is 1. The number of hydrogen-bond donors (Lipinski definition) is 2. The Morgan fingerprint density at radius 1 is 1.33 bits per heavy atom. The second kappa shape index (κ2) is 8.84. The van der Waals surface area contributed by atoms with E-state index in [-0.39, 0.29) is 12.6 Å².